The van der Waals surface area contributed by atoms with E-state index in [4.69, 9.17) is 11.6 Å². The Hall–Kier alpha value is -1.16. The summed E-state index contributed by atoms with van der Waals surface area (Å²) in [5.41, 5.74) is 4.50. The fraction of sp³-hybridized carbons (Fsp3) is 0. The first-order valence-electron chi connectivity index (χ1n) is 2.63. The summed E-state index contributed by atoms with van der Waals surface area (Å²) in [6, 6.07) is 0. The van der Waals surface area contributed by atoms with Crippen molar-refractivity contribution in [3.05, 3.63) is 17.0 Å². The van der Waals surface area contributed by atoms with Crippen LogP contribution in [0, 0.1) is 0 Å². The minimum Gasteiger partial charge on any atom is -0.226 e. The van der Waals surface area contributed by atoms with Gasteiger partial charge in [0.05, 0.1) is 11.8 Å². The van der Waals surface area contributed by atoms with Gasteiger partial charge in [-0.25, -0.2) is 4.98 Å². The van der Waals surface area contributed by atoms with Crippen LogP contribution < -0.4 is 5.43 Å². The highest BCUT2D eigenvalue weighted by Crippen LogP contribution is 2.15. The second-order valence-corrected chi connectivity index (χ2v) is 2.10. The zero-order valence-corrected chi connectivity index (χ0v) is 5.58. The molecule has 1 aliphatic heterocycles. The number of nitrogens with zero attached hydrogens (tertiary/aromatic N) is 4. The highest BCUT2D eigenvalue weighted by atomic mass is 35.5. The van der Waals surface area contributed by atoms with Crippen LogP contribution in [0.1, 0.15) is 5.56 Å². The molecule has 4 nitrogen and oxygen atoms in total. The summed E-state index contributed by atoms with van der Waals surface area (Å²) < 4.78 is 0. The molecule has 2 heterocycles. The van der Waals surface area contributed by atoms with Gasteiger partial charge in [-0.15, -0.1) is 5.43 Å². The van der Waals surface area contributed by atoms with Crippen molar-refractivity contribution in [2.75, 3.05) is 0 Å². The maximum atomic E-state index is 5.49. The van der Waals surface area contributed by atoms with E-state index in [1.807, 2.05) is 0 Å². The minimum atomic E-state index is 0.202. The molecule has 0 bridgehead atoms. The van der Waals surface area contributed by atoms with Crippen molar-refractivity contribution in [1.82, 2.24) is 15.4 Å². The van der Waals surface area contributed by atoms with Gasteiger partial charge in [0.1, 0.15) is 0 Å². The molecule has 0 aromatic carbocycles. The molecule has 10 heavy (non-hydrogen) atoms. The maximum absolute atomic E-state index is 5.49. The van der Waals surface area contributed by atoms with Gasteiger partial charge < -0.3 is 0 Å². The zero-order chi connectivity index (χ0) is 6.97. The Bertz CT molecular complexity index is 296. The second-order valence-electron chi connectivity index (χ2n) is 1.76. The topological polar surface area (TPSA) is 52.2 Å². The molecule has 1 aromatic heterocycles. The van der Waals surface area contributed by atoms with Gasteiger partial charge in [0.25, 0.3) is 0 Å². The Kier molecular flexibility index (Phi) is 1.07. The van der Waals surface area contributed by atoms with E-state index in [1.54, 1.807) is 12.4 Å². The Balaban J connectivity index is 2.59. The van der Waals surface area contributed by atoms with Crippen molar-refractivity contribution in [2.45, 2.75) is 0 Å². The van der Waals surface area contributed by atoms with E-state index in [0.717, 1.165) is 5.56 Å². The molecule has 1 aromatic rings. The Morgan fingerprint density at radius 2 is 2.30 bits per heavy atom. The number of fused-ring (bicyclic) bond motifs is 1. The van der Waals surface area contributed by atoms with Crippen LogP contribution in [0.25, 0.3) is 0 Å². The lowest BCUT2D eigenvalue weighted by molar-refractivity contribution is 0.939. The van der Waals surface area contributed by atoms with Gasteiger partial charge >= 0.3 is 0 Å². The third kappa shape index (κ3) is 0.733. The maximum Gasteiger partial charge on any atom is 0.224 e. The molecular formula is C5H2ClN4. The molecule has 49 valence electrons. The van der Waals surface area contributed by atoms with E-state index < -0.39 is 0 Å². The molecule has 0 spiro atoms. The molecule has 0 saturated heterocycles. The number of halogens is 1. The van der Waals surface area contributed by atoms with Crippen molar-refractivity contribution in [3.8, 4) is 0 Å². The average molecular weight is 154 g/mol. The summed E-state index contributed by atoms with van der Waals surface area (Å²) in [4.78, 5) is 7.57. The molecule has 0 saturated carbocycles. The summed E-state index contributed by atoms with van der Waals surface area (Å²) >= 11 is 5.49. The predicted molar refractivity (Wildman–Crippen MR) is 36.4 cm³/mol. The molecule has 0 fully saturated rings. The van der Waals surface area contributed by atoms with Crippen LogP contribution in [0.5, 0.6) is 0 Å². The van der Waals surface area contributed by atoms with Crippen LogP contribution in [0.3, 0.4) is 0 Å². The van der Waals surface area contributed by atoms with Gasteiger partial charge in [0, 0.05) is 6.20 Å². The van der Waals surface area contributed by atoms with Gasteiger partial charge in [-0.05, 0) is 11.6 Å². The fourth-order valence-electron chi connectivity index (χ4n) is 0.678. The molecule has 0 N–H and O–H groups in total. The molecule has 0 aliphatic carbocycles. The average Bonchev–Trinajstić information content (AvgIpc) is 2.33. The molecule has 0 amide bonds. The van der Waals surface area contributed by atoms with Crippen LogP contribution in [-0.4, -0.2) is 16.2 Å². The quantitative estimate of drug-likeness (QED) is 0.516. The lowest BCUT2D eigenvalue weighted by atomic mass is 10.3. The van der Waals surface area contributed by atoms with Crippen LogP contribution in [0.15, 0.2) is 11.3 Å². The normalized spacial score (nSPS) is 12.9. The molecule has 5 heteroatoms. The van der Waals surface area contributed by atoms with Crippen LogP contribution in [0.4, 0.5) is 5.82 Å². The van der Waals surface area contributed by atoms with E-state index in [2.05, 4.69) is 20.5 Å². The molecule has 0 unspecified atom stereocenters. The van der Waals surface area contributed by atoms with Crippen LogP contribution >= 0.6 is 11.6 Å². The van der Waals surface area contributed by atoms with E-state index in [0.29, 0.717) is 5.82 Å². The molecule has 0 atom stereocenters. The SMILES string of the molecule is Clc1ncc2c(n1)[N]N=C2. The first-order valence-corrected chi connectivity index (χ1v) is 3.01. The van der Waals surface area contributed by atoms with Crippen molar-refractivity contribution in [2.24, 2.45) is 5.10 Å². The van der Waals surface area contributed by atoms with E-state index >= 15 is 0 Å². The second kappa shape index (κ2) is 1.91. The minimum absolute atomic E-state index is 0.202. The Morgan fingerprint density at radius 3 is 3.20 bits per heavy atom. The standard InChI is InChI=1S/C5H2ClN4/c6-5-7-1-3-2-8-10-4(3)9-5/h1-2H. The number of aromatic nitrogens is 2. The third-order valence-electron chi connectivity index (χ3n) is 1.12. The van der Waals surface area contributed by atoms with Crippen molar-refractivity contribution < 1.29 is 0 Å². The van der Waals surface area contributed by atoms with Gasteiger partial charge in [-0.3, -0.25) is 0 Å². The van der Waals surface area contributed by atoms with Crippen molar-refractivity contribution >= 4 is 23.6 Å². The first kappa shape index (κ1) is 5.61. The van der Waals surface area contributed by atoms with Gasteiger partial charge in [-0.2, -0.15) is 10.1 Å². The molecule has 1 radical (unpaired) electrons. The Morgan fingerprint density at radius 1 is 1.40 bits per heavy atom. The van der Waals surface area contributed by atoms with E-state index in [-0.39, 0.29) is 5.28 Å². The molecule has 2 rings (SSSR count). The number of rotatable bonds is 0. The van der Waals surface area contributed by atoms with E-state index in [9.17, 15) is 0 Å². The highest BCUT2D eigenvalue weighted by Gasteiger charge is 2.09. The lowest BCUT2D eigenvalue weighted by Gasteiger charge is -1.91. The monoisotopic (exact) mass is 153 g/mol. The summed E-state index contributed by atoms with van der Waals surface area (Å²) in [7, 11) is 0. The summed E-state index contributed by atoms with van der Waals surface area (Å²) in [6.45, 7) is 0. The molecular weight excluding hydrogens is 152 g/mol. The first-order chi connectivity index (χ1) is 4.86. The number of hydrogen-bond acceptors (Lipinski definition) is 3. The fourth-order valence-corrected chi connectivity index (χ4v) is 0.807. The van der Waals surface area contributed by atoms with Crippen molar-refractivity contribution in [3.63, 3.8) is 0 Å². The predicted octanol–water partition coefficient (Wildman–Crippen LogP) is 0.713. The van der Waals surface area contributed by atoms with E-state index in [1.165, 1.54) is 0 Å². The largest absolute Gasteiger partial charge is 0.226 e. The highest BCUT2D eigenvalue weighted by molar-refractivity contribution is 6.28. The van der Waals surface area contributed by atoms with Crippen LogP contribution in [0.2, 0.25) is 5.28 Å². The smallest absolute Gasteiger partial charge is 0.224 e. The summed E-state index contributed by atoms with van der Waals surface area (Å²) in [5, 5.41) is 3.83. The zero-order valence-electron chi connectivity index (χ0n) is 4.82. The van der Waals surface area contributed by atoms with Gasteiger partial charge in [0.15, 0.2) is 5.82 Å². The molecule has 1 aliphatic rings. The van der Waals surface area contributed by atoms with Crippen molar-refractivity contribution in [1.29, 1.82) is 0 Å². The van der Waals surface area contributed by atoms with Gasteiger partial charge in [0.2, 0.25) is 5.28 Å². The summed E-state index contributed by atoms with van der Waals surface area (Å²) in [6.07, 6.45) is 3.18. The lowest BCUT2D eigenvalue weighted by Crippen LogP contribution is -1.89. The summed E-state index contributed by atoms with van der Waals surface area (Å²) in [5.74, 6) is 0.542. The Labute approximate surface area is 61.9 Å². The van der Waals surface area contributed by atoms with Gasteiger partial charge in [-0.1, -0.05) is 0 Å². The van der Waals surface area contributed by atoms with Crippen LogP contribution in [-0.2, 0) is 0 Å². The third-order valence-corrected chi connectivity index (χ3v) is 1.30. The number of hydrogen-bond donors (Lipinski definition) is 0.